The SMILES string of the molecule is CC(CC(C)(C)[Si](O)(c1ccccc1)c1ccccc1)[C@@H](CO)OCc1cc([N+](=O)[O-])c(N)[nH]c1=O. The summed E-state index contributed by atoms with van der Waals surface area (Å²) in [6.07, 6.45) is -0.145. The normalized spacial score (nSPS) is 13.8. The number of nitro groups is 1. The summed E-state index contributed by atoms with van der Waals surface area (Å²) in [5.74, 6) is -0.534. The maximum Gasteiger partial charge on any atom is 0.309 e. The van der Waals surface area contributed by atoms with Crippen LogP contribution in [-0.4, -0.2) is 40.8 Å². The van der Waals surface area contributed by atoms with Gasteiger partial charge in [0.2, 0.25) is 0 Å². The molecule has 9 nitrogen and oxygen atoms in total. The van der Waals surface area contributed by atoms with Crippen LogP contribution in [0.5, 0.6) is 0 Å². The molecule has 0 aliphatic rings. The molecule has 0 bridgehead atoms. The van der Waals surface area contributed by atoms with E-state index in [2.05, 4.69) is 4.98 Å². The summed E-state index contributed by atoms with van der Waals surface area (Å²) in [4.78, 5) is 37.3. The van der Waals surface area contributed by atoms with E-state index >= 15 is 0 Å². The van der Waals surface area contributed by atoms with Crippen LogP contribution in [0, 0.1) is 16.0 Å². The molecule has 0 radical (unpaired) electrons. The van der Waals surface area contributed by atoms with Crippen molar-refractivity contribution in [3.8, 4) is 0 Å². The van der Waals surface area contributed by atoms with Gasteiger partial charge in [-0.1, -0.05) is 81.4 Å². The fraction of sp³-hybridized carbons (Fsp3) is 0.346. The van der Waals surface area contributed by atoms with E-state index in [-0.39, 0.29) is 30.5 Å². The van der Waals surface area contributed by atoms with Crippen molar-refractivity contribution in [3.05, 3.63) is 92.8 Å². The number of aliphatic hydroxyl groups excluding tert-OH is 1. The van der Waals surface area contributed by atoms with Crippen LogP contribution in [0.25, 0.3) is 0 Å². The smallest absolute Gasteiger partial charge is 0.309 e. The van der Waals surface area contributed by atoms with Gasteiger partial charge in [0.05, 0.1) is 24.2 Å². The number of nitrogens with two attached hydrogens (primary N) is 1. The minimum atomic E-state index is -3.25. The minimum Gasteiger partial charge on any atom is -0.424 e. The number of pyridine rings is 1. The van der Waals surface area contributed by atoms with Gasteiger partial charge in [0, 0.05) is 11.6 Å². The van der Waals surface area contributed by atoms with Gasteiger partial charge in [-0.25, -0.2) is 0 Å². The first-order chi connectivity index (χ1) is 17.0. The Balaban J connectivity index is 1.85. The van der Waals surface area contributed by atoms with E-state index < -0.39 is 35.6 Å². The third-order valence-electron chi connectivity index (χ3n) is 6.79. The number of anilines is 1. The first kappa shape index (κ1) is 27.3. The molecule has 0 spiro atoms. The summed E-state index contributed by atoms with van der Waals surface area (Å²) in [5.41, 5.74) is 4.57. The molecule has 0 aliphatic carbocycles. The monoisotopic (exact) mass is 511 g/mol. The molecule has 2 atom stereocenters. The topological polar surface area (TPSA) is 152 Å². The van der Waals surface area contributed by atoms with E-state index in [4.69, 9.17) is 10.5 Å². The number of rotatable bonds is 11. The van der Waals surface area contributed by atoms with Crippen LogP contribution in [0.4, 0.5) is 11.5 Å². The average Bonchev–Trinajstić information content (AvgIpc) is 2.85. The lowest BCUT2D eigenvalue weighted by atomic mass is 9.93. The number of H-pyrrole nitrogens is 1. The molecule has 0 saturated heterocycles. The predicted octanol–water partition coefficient (Wildman–Crippen LogP) is 2.30. The highest BCUT2D eigenvalue weighted by Gasteiger charge is 2.50. The van der Waals surface area contributed by atoms with Gasteiger partial charge in [-0.05, 0) is 27.8 Å². The molecule has 5 N–H and O–H groups in total. The standard InChI is InChI=1S/C26H33N3O6Si/c1-18(23(16-30)35-17-19-14-22(29(32)33)24(27)28-25(19)31)15-26(2,3)36(34,20-10-6-4-7-11-20)21-12-8-5-9-13-21/h4-14,18,23,30,34H,15-17H2,1-3H3,(H3,27,28,31)/t18?,23-/m1/s1. The first-order valence-corrected chi connectivity index (χ1v) is 13.7. The van der Waals surface area contributed by atoms with Crippen LogP contribution in [0.2, 0.25) is 5.04 Å². The van der Waals surface area contributed by atoms with Crippen LogP contribution < -0.4 is 21.7 Å². The Morgan fingerprint density at radius 3 is 2.11 bits per heavy atom. The van der Waals surface area contributed by atoms with Gasteiger partial charge in [0.1, 0.15) is 0 Å². The number of hydrogen-bond donors (Lipinski definition) is 4. The lowest BCUT2D eigenvalue weighted by Gasteiger charge is -2.43. The Morgan fingerprint density at radius 1 is 1.11 bits per heavy atom. The Hall–Kier alpha value is -3.31. The van der Waals surface area contributed by atoms with Crippen molar-refractivity contribution >= 4 is 30.2 Å². The number of ether oxygens (including phenoxy) is 1. The maximum atomic E-state index is 12.4. The van der Waals surface area contributed by atoms with Crippen LogP contribution in [0.1, 0.15) is 32.8 Å². The molecule has 1 heterocycles. The molecule has 36 heavy (non-hydrogen) atoms. The number of aromatic nitrogens is 1. The zero-order chi connectivity index (χ0) is 26.5. The van der Waals surface area contributed by atoms with Crippen molar-refractivity contribution in [1.29, 1.82) is 0 Å². The minimum absolute atomic E-state index is 0.0419. The van der Waals surface area contributed by atoms with Gasteiger partial charge >= 0.3 is 5.69 Å². The van der Waals surface area contributed by atoms with Gasteiger partial charge in [0.15, 0.2) is 5.82 Å². The highest BCUT2D eigenvalue weighted by molar-refractivity contribution is 6.98. The first-order valence-electron chi connectivity index (χ1n) is 11.7. The Morgan fingerprint density at radius 2 is 1.64 bits per heavy atom. The lowest BCUT2D eigenvalue weighted by Crippen LogP contribution is -2.65. The second kappa shape index (κ2) is 11.2. The maximum absolute atomic E-state index is 12.4. The highest BCUT2D eigenvalue weighted by atomic mass is 28.4. The van der Waals surface area contributed by atoms with Crippen LogP contribution in [-0.2, 0) is 11.3 Å². The third-order valence-corrected chi connectivity index (χ3v) is 11.3. The molecule has 3 aromatic rings. The summed E-state index contributed by atoms with van der Waals surface area (Å²) < 4.78 is 5.86. The lowest BCUT2D eigenvalue weighted by molar-refractivity contribution is -0.384. The van der Waals surface area contributed by atoms with E-state index in [1.54, 1.807) is 0 Å². The molecule has 0 fully saturated rings. The van der Waals surface area contributed by atoms with Crippen molar-refractivity contribution in [1.82, 2.24) is 4.98 Å². The van der Waals surface area contributed by atoms with Crippen LogP contribution in [0.3, 0.4) is 0 Å². The predicted molar refractivity (Wildman–Crippen MR) is 142 cm³/mol. The molecule has 10 heteroatoms. The van der Waals surface area contributed by atoms with Crippen molar-refractivity contribution < 1.29 is 19.6 Å². The highest BCUT2D eigenvalue weighted by Crippen LogP contribution is 2.42. The molecule has 0 saturated carbocycles. The molecule has 1 aromatic heterocycles. The van der Waals surface area contributed by atoms with Gasteiger partial charge in [-0.2, -0.15) is 0 Å². The summed E-state index contributed by atoms with van der Waals surface area (Å²) in [5, 5.41) is 22.5. The molecular weight excluding hydrogens is 478 g/mol. The van der Waals surface area contributed by atoms with Gasteiger partial charge in [0.25, 0.3) is 13.9 Å². The Bertz CT molecular complexity index is 1190. The van der Waals surface area contributed by atoms with Crippen molar-refractivity contribution in [2.45, 2.75) is 44.9 Å². The van der Waals surface area contributed by atoms with Crippen molar-refractivity contribution in [3.63, 3.8) is 0 Å². The van der Waals surface area contributed by atoms with Gasteiger partial charge in [-0.3, -0.25) is 14.9 Å². The van der Waals surface area contributed by atoms with E-state index in [0.717, 1.165) is 16.4 Å². The summed E-state index contributed by atoms with van der Waals surface area (Å²) in [6.45, 7) is 5.42. The van der Waals surface area contributed by atoms with E-state index in [9.17, 15) is 24.8 Å². The number of nitrogens with zero attached hydrogens (tertiary/aromatic N) is 1. The largest absolute Gasteiger partial charge is 0.424 e. The van der Waals surface area contributed by atoms with E-state index in [1.807, 2.05) is 81.4 Å². The summed E-state index contributed by atoms with van der Waals surface area (Å²) in [7, 11) is -3.25. The third kappa shape index (κ3) is 5.57. The number of aliphatic hydroxyl groups is 1. The van der Waals surface area contributed by atoms with Crippen LogP contribution in [0.15, 0.2) is 71.5 Å². The zero-order valence-corrected chi connectivity index (χ0v) is 21.7. The van der Waals surface area contributed by atoms with Gasteiger partial charge in [-0.15, -0.1) is 0 Å². The van der Waals surface area contributed by atoms with Crippen LogP contribution >= 0.6 is 0 Å². The van der Waals surface area contributed by atoms with E-state index in [1.165, 1.54) is 0 Å². The van der Waals surface area contributed by atoms with Crippen molar-refractivity contribution in [2.75, 3.05) is 12.3 Å². The molecule has 0 aliphatic heterocycles. The molecule has 192 valence electrons. The summed E-state index contributed by atoms with van der Waals surface area (Å²) in [6, 6.07) is 20.4. The molecule has 3 rings (SSSR count). The van der Waals surface area contributed by atoms with E-state index in [0.29, 0.717) is 6.42 Å². The molecule has 1 unspecified atom stereocenters. The second-order valence-corrected chi connectivity index (χ2v) is 13.6. The average molecular weight is 512 g/mol. The number of nitrogen functional groups attached to an aromatic ring is 1. The Labute approximate surface area is 210 Å². The Kier molecular flexibility index (Phi) is 8.46. The zero-order valence-electron chi connectivity index (χ0n) is 20.7. The molecule has 0 amide bonds. The number of hydrogen-bond acceptors (Lipinski definition) is 7. The van der Waals surface area contributed by atoms with Crippen molar-refractivity contribution in [2.24, 2.45) is 5.92 Å². The van der Waals surface area contributed by atoms with Gasteiger partial charge < -0.3 is 25.4 Å². The molecular formula is C26H33N3O6Si. The number of aromatic amines is 1. The quantitative estimate of drug-likeness (QED) is 0.175. The second-order valence-electron chi connectivity index (χ2n) is 9.72. The number of nitrogens with one attached hydrogen (secondary N) is 1. The fourth-order valence-corrected chi connectivity index (χ4v) is 8.68. The fourth-order valence-electron chi connectivity index (χ4n) is 4.82. The molecule has 2 aromatic carbocycles. The number of benzene rings is 2. The summed E-state index contributed by atoms with van der Waals surface area (Å²) >= 11 is 0.